The Bertz CT molecular complexity index is 875. The van der Waals surface area contributed by atoms with Crippen LogP contribution in [0.15, 0.2) is 60.9 Å². The number of aryl methyl sites for hydroxylation is 1. The number of ketones is 1. The van der Waals surface area contributed by atoms with Crippen LogP contribution in [0, 0.1) is 6.92 Å². The van der Waals surface area contributed by atoms with Crippen molar-refractivity contribution in [1.82, 2.24) is 9.97 Å². The number of aromatic nitrogens is 2. The van der Waals surface area contributed by atoms with Crippen LogP contribution in [0.1, 0.15) is 28.4 Å². The molecule has 25 heavy (non-hydrogen) atoms. The van der Waals surface area contributed by atoms with E-state index < -0.39 is 0 Å². The van der Waals surface area contributed by atoms with Gasteiger partial charge in [-0.05, 0) is 49.2 Å². The molecule has 0 fully saturated rings. The molecular formula is C20H20N4O. The first-order chi connectivity index (χ1) is 12.1. The molecule has 0 atom stereocenters. The first kappa shape index (κ1) is 16.6. The number of nitrogens with one attached hydrogen (secondary N) is 2. The number of benzene rings is 2. The first-order valence-corrected chi connectivity index (χ1v) is 8.10. The monoisotopic (exact) mass is 332 g/mol. The topological polar surface area (TPSA) is 66.9 Å². The van der Waals surface area contributed by atoms with Gasteiger partial charge in [0, 0.05) is 23.9 Å². The summed E-state index contributed by atoms with van der Waals surface area (Å²) in [6.45, 7) is 4.35. The first-order valence-electron chi connectivity index (χ1n) is 8.10. The van der Waals surface area contributed by atoms with Gasteiger partial charge in [0.1, 0.15) is 18.0 Å². The molecule has 1 aromatic heterocycles. The second kappa shape index (κ2) is 7.57. The van der Waals surface area contributed by atoms with E-state index in [2.05, 4.69) is 39.7 Å². The minimum Gasteiger partial charge on any atom is -0.366 e. The van der Waals surface area contributed by atoms with E-state index in [4.69, 9.17) is 0 Å². The smallest absolute Gasteiger partial charge is 0.159 e. The van der Waals surface area contributed by atoms with E-state index in [1.807, 2.05) is 30.3 Å². The van der Waals surface area contributed by atoms with Crippen molar-refractivity contribution in [3.05, 3.63) is 77.6 Å². The van der Waals surface area contributed by atoms with Gasteiger partial charge in [0.25, 0.3) is 0 Å². The van der Waals surface area contributed by atoms with Crippen molar-refractivity contribution >= 4 is 23.1 Å². The highest BCUT2D eigenvalue weighted by atomic mass is 16.1. The van der Waals surface area contributed by atoms with E-state index in [-0.39, 0.29) is 5.78 Å². The molecule has 0 radical (unpaired) electrons. The number of carbonyl (C=O) groups is 1. The summed E-state index contributed by atoms with van der Waals surface area (Å²) in [5.41, 5.74) is 4.03. The zero-order valence-electron chi connectivity index (χ0n) is 14.3. The molecule has 2 aromatic carbocycles. The van der Waals surface area contributed by atoms with Crippen LogP contribution in [0.3, 0.4) is 0 Å². The molecule has 0 unspecified atom stereocenters. The van der Waals surface area contributed by atoms with Crippen molar-refractivity contribution in [3.63, 3.8) is 0 Å². The number of anilines is 3. The van der Waals surface area contributed by atoms with Gasteiger partial charge < -0.3 is 10.6 Å². The highest BCUT2D eigenvalue weighted by Crippen LogP contribution is 2.18. The predicted molar refractivity (Wildman–Crippen MR) is 100 cm³/mol. The van der Waals surface area contributed by atoms with Crippen LogP contribution in [-0.4, -0.2) is 15.8 Å². The maximum atomic E-state index is 11.3. The van der Waals surface area contributed by atoms with Gasteiger partial charge in [-0.15, -0.1) is 0 Å². The van der Waals surface area contributed by atoms with E-state index in [0.717, 1.165) is 11.5 Å². The zero-order chi connectivity index (χ0) is 17.6. The molecule has 2 N–H and O–H groups in total. The molecule has 5 nitrogen and oxygen atoms in total. The minimum absolute atomic E-state index is 0.0521. The molecule has 126 valence electrons. The van der Waals surface area contributed by atoms with E-state index in [9.17, 15) is 4.79 Å². The van der Waals surface area contributed by atoms with Gasteiger partial charge in [-0.1, -0.05) is 24.3 Å². The van der Waals surface area contributed by atoms with Crippen molar-refractivity contribution in [2.24, 2.45) is 0 Å². The van der Waals surface area contributed by atoms with Crippen molar-refractivity contribution in [2.45, 2.75) is 20.4 Å². The lowest BCUT2D eigenvalue weighted by molar-refractivity contribution is 0.101. The molecule has 0 spiro atoms. The van der Waals surface area contributed by atoms with Crippen LogP contribution in [0.4, 0.5) is 17.3 Å². The zero-order valence-corrected chi connectivity index (χ0v) is 14.3. The molecule has 5 heteroatoms. The predicted octanol–water partition coefficient (Wildman–Crippen LogP) is 4.34. The molecule has 0 amide bonds. The highest BCUT2D eigenvalue weighted by Gasteiger charge is 2.03. The Morgan fingerprint density at radius 3 is 2.44 bits per heavy atom. The number of Topliss-reactive ketones (excluding diaryl/α,β-unsaturated/α-hetero) is 1. The van der Waals surface area contributed by atoms with Gasteiger partial charge in [0.2, 0.25) is 0 Å². The quantitative estimate of drug-likeness (QED) is 0.657. The van der Waals surface area contributed by atoms with Gasteiger partial charge >= 0.3 is 0 Å². The molecule has 0 saturated heterocycles. The Hall–Kier alpha value is -3.21. The van der Waals surface area contributed by atoms with Gasteiger partial charge in [-0.3, -0.25) is 4.79 Å². The summed E-state index contributed by atoms with van der Waals surface area (Å²) in [5.74, 6) is 1.50. The summed E-state index contributed by atoms with van der Waals surface area (Å²) in [6, 6.07) is 17.4. The number of nitrogens with zero attached hydrogens (tertiary/aromatic N) is 2. The Morgan fingerprint density at radius 1 is 1.00 bits per heavy atom. The summed E-state index contributed by atoms with van der Waals surface area (Å²) in [4.78, 5) is 19.8. The maximum Gasteiger partial charge on any atom is 0.159 e. The molecule has 3 rings (SSSR count). The Balaban J connectivity index is 1.67. The Morgan fingerprint density at radius 2 is 1.72 bits per heavy atom. The van der Waals surface area contributed by atoms with Crippen LogP contribution in [0.5, 0.6) is 0 Å². The van der Waals surface area contributed by atoms with Crippen molar-refractivity contribution in [3.8, 4) is 0 Å². The lowest BCUT2D eigenvalue weighted by atomic mass is 10.1. The average Bonchev–Trinajstić information content (AvgIpc) is 2.62. The molecule has 3 aromatic rings. The summed E-state index contributed by atoms with van der Waals surface area (Å²) < 4.78 is 0. The summed E-state index contributed by atoms with van der Waals surface area (Å²) in [6.07, 6.45) is 1.52. The molecule has 0 aliphatic heterocycles. The number of carbonyl (C=O) groups excluding carboxylic acids is 1. The van der Waals surface area contributed by atoms with Crippen LogP contribution < -0.4 is 10.6 Å². The fourth-order valence-corrected chi connectivity index (χ4v) is 2.45. The molecule has 0 aliphatic carbocycles. The van der Waals surface area contributed by atoms with Crippen LogP contribution in [-0.2, 0) is 6.54 Å². The second-order valence-electron chi connectivity index (χ2n) is 5.83. The van der Waals surface area contributed by atoms with E-state index in [0.29, 0.717) is 17.9 Å². The van der Waals surface area contributed by atoms with Gasteiger partial charge in [-0.25, -0.2) is 9.97 Å². The number of hydrogen-bond donors (Lipinski definition) is 2. The van der Waals surface area contributed by atoms with E-state index >= 15 is 0 Å². The molecular weight excluding hydrogens is 312 g/mol. The molecule has 0 saturated carbocycles. The third-order valence-electron chi connectivity index (χ3n) is 3.95. The van der Waals surface area contributed by atoms with E-state index in [1.165, 1.54) is 17.5 Å². The number of hydrogen-bond acceptors (Lipinski definition) is 5. The lowest BCUT2D eigenvalue weighted by Gasteiger charge is -2.10. The standard InChI is InChI=1S/C20H20N4O/c1-14-5-3-4-6-17(14)12-21-19-11-20(23-13-22-19)24-18-9-7-16(8-10-18)15(2)25/h3-11,13H,12H2,1-2H3,(H2,21,22,23,24). The van der Waals surface area contributed by atoms with Crippen molar-refractivity contribution in [2.75, 3.05) is 10.6 Å². The van der Waals surface area contributed by atoms with Gasteiger partial charge in [0.05, 0.1) is 0 Å². The second-order valence-corrected chi connectivity index (χ2v) is 5.83. The van der Waals surface area contributed by atoms with Gasteiger partial charge in [0.15, 0.2) is 5.78 Å². The number of rotatable bonds is 6. The SMILES string of the molecule is CC(=O)c1ccc(Nc2cc(NCc3ccccc3C)ncn2)cc1. The lowest BCUT2D eigenvalue weighted by Crippen LogP contribution is -2.04. The van der Waals surface area contributed by atoms with E-state index in [1.54, 1.807) is 19.1 Å². The maximum absolute atomic E-state index is 11.3. The van der Waals surface area contributed by atoms with Crippen molar-refractivity contribution in [1.29, 1.82) is 0 Å². The van der Waals surface area contributed by atoms with Crippen LogP contribution in [0.2, 0.25) is 0 Å². The molecule has 0 bridgehead atoms. The summed E-state index contributed by atoms with van der Waals surface area (Å²) >= 11 is 0. The van der Waals surface area contributed by atoms with Crippen LogP contribution >= 0.6 is 0 Å². The Kier molecular flexibility index (Phi) is 5.04. The van der Waals surface area contributed by atoms with Gasteiger partial charge in [-0.2, -0.15) is 0 Å². The summed E-state index contributed by atoms with van der Waals surface area (Å²) in [7, 11) is 0. The average molecular weight is 332 g/mol. The van der Waals surface area contributed by atoms with Crippen molar-refractivity contribution < 1.29 is 4.79 Å². The normalized spacial score (nSPS) is 10.3. The third-order valence-corrected chi connectivity index (χ3v) is 3.95. The van der Waals surface area contributed by atoms with Crippen LogP contribution in [0.25, 0.3) is 0 Å². The largest absolute Gasteiger partial charge is 0.366 e. The third kappa shape index (κ3) is 4.41. The summed E-state index contributed by atoms with van der Waals surface area (Å²) in [5, 5.41) is 6.53. The molecule has 0 aliphatic rings. The highest BCUT2D eigenvalue weighted by molar-refractivity contribution is 5.94. The fourth-order valence-electron chi connectivity index (χ4n) is 2.45. The molecule has 1 heterocycles. The fraction of sp³-hybridized carbons (Fsp3) is 0.150. The minimum atomic E-state index is 0.0521. The Labute approximate surface area is 147 Å².